The van der Waals surface area contributed by atoms with E-state index in [9.17, 15) is 13.2 Å². The number of nitrogens with one attached hydrogen (secondary N) is 1. The molecule has 5 nitrogen and oxygen atoms in total. The number of hydrogen-bond acceptors (Lipinski definition) is 5. The molecule has 0 aromatic carbocycles. The number of carbonyl (C=O) groups excluding carboxylic acids is 1. The molecular formula is C17H36KNO4S. The fraction of sp³-hybridized carbons (Fsp3) is 0.941. The van der Waals surface area contributed by atoms with E-state index in [1.165, 1.54) is 51.4 Å². The summed E-state index contributed by atoms with van der Waals surface area (Å²) in [5.74, 6) is -0.801. The van der Waals surface area contributed by atoms with Crippen molar-refractivity contribution in [2.24, 2.45) is 0 Å². The largest absolute Gasteiger partial charge is 1.00 e. The van der Waals surface area contributed by atoms with Crippen LogP contribution in [-0.4, -0.2) is 33.7 Å². The van der Waals surface area contributed by atoms with Crippen molar-refractivity contribution in [1.29, 1.82) is 0 Å². The quantitative estimate of drug-likeness (QED) is 0.241. The first-order valence-electron chi connectivity index (χ1n) is 9.11. The van der Waals surface area contributed by atoms with Crippen LogP contribution in [0.2, 0.25) is 0 Å². The van der Waals surface area contributed by atoms with Crippen LogP contribution in [0.3, 0.4) is 0 Å². The Labute approximate surface area is 193 Å². The van der Waals surface area contributed by atoms with Gasteiger partial charge in [0.2, 0.25) is 0 Å². The fourth-order valence-electron chi connectivity index (χ4n) is 2.39. The second-order valence-corrected chi connectivity index (χ2v) is 7.80. The first-order chi connectivity index (χ1) is 11.0. The van der Waals surface area contributed by atoms with Crippen molar-refractivity contribution < 1.29 is 70.2 Å². The Bertz CT molecular complexity index is 394. The maximum Gasteiger partial charge on any atom is 1.00 e. The minimum Gasteiger partial charge on any atom is -1.00 e. The number of rotatable bonds is 16. The molecule has 0 amide bonds. The van der Waals surface area contributed by atoms with E-state index in [4.69, 9.17) is 0 Å². The molecule has 24 heavy (non-hydrogen) atoms. The van der Waals surface area contributed by atoms with Gasteiger partial charge in [0, 0.05) is 13.0 Å². The van der Waals surface area contributed by atoms with Crippen molar-refractivity contribution in [1.82, 2.24) is 5.32 Å². The summed E-state index contributed by atoms with van der Waals surface area (Å²) in [5, 5.41) is 2.72. The minimum absolute atomic E-state index is 0. The molecule has 0 aliphatic rings. The van der Waals surface area contributed by atoms with E-state index in [1.807, 2.05) is 0 Å². The molecule has 0 aliphatic heterocycles. The van der Waals surface area contributed by atoms with Crippen LogP contribution < -0.4 is 56.7 Å². The van der Waals surface area contributed by atoms with Crippen LogP contribution in [0.1, 0.15) is 85.4 Å². The van der Waals surface area contributed by atoms with Crippen molar-refractivity contribution >= 4 is 16.1 Å². The van der Waals surface area contributed by atoms with Gasteiger partial charge in [-0.3, -0.25) is 4.79 Å². The smallest absolute Gasteiger partial charge is 1.00 e. The number of hydrogen-bond donors (Lipinski definition) is 1. The van der Waals surface area contributed by atoms with Gasteiger partial charge in [0.1, 0.15) is 0 Å². The molecule has 140 valence electrons. The molecule has 0 unspecified atom stereocenters. The number of carbonyl (C=O) groups is 1. The maximum absolute atomic E-state index is 11.5. The zero-order chi connectivity index (χ0) is 17.4. The third-order valence-corrected chi connectivity index (χ3v) is 4.95. The maximum atomic E-state index is 11.5. The van der Waals surface area contributed by atoms with Gasteiger partial charge in [0.25, 0.3) is 0 Å². The van der Waals surface area contributed by atoms with E-state index < -0.39 is 16.1 Å². The van der Waals surface area contributed by atoms with Gasteiger partial charge in [-0.15, -0.1) is 0 Å². The van der Waals surface area contributed by atoms with E-state index in [-0.39, 0.29) is 71.5 Å². The van der Waals surface area contributed by atoms with Gasteiger partial charge >= 0.3 is 67.5 Å². The molecular weight excluding hydrogens is 353 g/mol. The van der Waals surface area contributed by atoms with E-state index >= 15 is 0 Å². The van der Waals surface area contributed by atoms with Crippen LogP contribution in [0.4, 0.5) is 0 Å². The molecule has 0 bridgehead atoms. The van der Waals surface area contributed by atoms with Crippen LogP contribution in [0.15, 0.2) is 0 Å². The average molecular weight is 390 g/mol. The van der Waals surface area contributed by atoms with Gasteiger partial charge < -0.3 is 10.9 Å². The van der Waals surface area contributed by atoms with E-state index in [1.54, 1.807) is 7.05 Å². The molecule has 7 heteroatoms. The predicted octanol–water partition coefficient (Wildman–Crippen LogP) is 0.896. The van der Waals surface area contributed by atoms with E-state index in [0.29, 0.717) is 6.42 Å². The molecule has 0 aromatic rings. The standard InChI is InChI=1S/C17H35NO4S.K.H/c1-3-4-5-6-7-8-9-10-11-12-13-14-17(19)22-23(20,21)16-15-18-2;;/h18H,3-16H2,1-2H3;;/q;+1;-1. The molecule has 0 heterocycles. The van der Waals surface area contributed by atoms with Crippen molar-refractivity contribution in [3.05, 3.63) is 0 Å². The Morgan fingerprint density at radius 3 is 1.83 bits per heavy atom. The van der Waals surface area contributed by atoms with Gasteiger partial charge in [-0.2, -0.15) is 8.42 Å². The van der Waals surface area contributed by atoms with Gasteiger partial charge in [-0.1, -0.05) is 71.1 Å². The summed E-state index contributed by atoms with van der Waals surface area (Å²) in [5.41, 5.74) is 0. The monoisotopic (exact) mass is 389 g/mol. The third-order valence-electron chi connectivity index (χ3n) is 3.81. The molecule has 0 saturated heterocycles. The first kappa shape index (κ1) is 27.2. The minimum atomic E-state index is -3.72. The van der Waals surface area contributed by atoms with Gasteiger partial charge in [-0.05, 0) is 13.5 Å². The second kappa shape index (κ2) is 18.8. The van der Waals surface area contributed by atoms with Crippen LogP contribution in [-0.2, 0) is 19.1 Å². The molecule has 0 rings (SSSR count). The zero-order valence-corrected chi connectivity index (χ0v) is 19.9. The molecule has 1 N–H and O–H groups in total. The molecule has 0 spiro atoms. The van der Waals surface area contributed by atoms with Crippen molar-refractivity contribution in [2.45, 2.75) is 84.0 Å². The topological polar surface area (TPSA) is 72.5 Å². The van der Waals surface area contributed by atoms with Crippen LogP contribution >= 0.6 is 0 Å². The zero-order valence-electron chi connectivity index (χ0n) is 16.9. The van der Waals surface area contributed by atoms with E-state index in [0.717, 1.165) is 12.8 Å². The van der Waals surface area contributed by atoms with Crippen LogP contribution in [0, 0.1) is 0 Å². The number of unbranched alkanes of at least 4 members (excludes halogenated alkanes) is 10. The van der Waals surface area contributed by atoms with Gasteiger partial charge in [0.15, 0.2) is 0 Å². The Morgan fingerprint density at radius 1 is 0.917 bits per heavy atom. The molecule has 0 fully saturated rings. The van der Waals surface area contributed by atoms with Gasteiger partial charge in [0.05, 0.1) is 5.75 Å². The Hall–Kier alpha value is 1.02. The van der Waals surface area contributed by atoms with Crippen LogP contribution in [0.5, 0.6) is 0 Å². The molecule has 0 aliphatic carbocycles. The Morgan fingerprint density at radius 2 is 1.38 bits per heavy atom. The molecule has 0 aromatic heterocycles. The summed E-state index contributed by atoms with van der Waals surface area (Å²) < 4.78 is 27.4. The van der Waals surface area contributed by atoms with E-state index in [2.05, 4.69) is 16.4 Å². The SMILES string of the molecule is CCCCCCCCCCCCCC(=O)OS(=O)(=O)CCNC.[H-].[K+]. The summed E-state index contributed by atoms with van der Waals surface area (Å²) >= 11 is 0. The summed E-state index contributed by atoms with van der Waals surface area (Å²) in [4.78, 5) is 11.5. The predicted molar refractivity (Wildman–Crippen MR) is 96.0 cm³/mol. The summed E-state index contributed by atoms with van der Waals surface area (Å²) in [6.45, 7) is 2.52. The molecule has 0 radical (unpaired) electrons. The Kier molecular flexibility index (Phi) is 21.3. The summed E-state index contributed by atoms with van der Waals surface area (Å²) in [6, 6.07) is 0. The first-order valence-corrected chi connectivity index (χ1v) is 10.7. The van der Waals surface area contributed by atoms with Crippen molar-refractivity contribution in [3.8, 4) is 0 Å². The molecule has 0 saturated carbocycles. The Balaban J connectivity index is -0.00000242. The van der Waals surface area contributed by atoms with Crippen molar-refractivity contribution in [2.75, 3.05) is 19.3 Å². The van der Waals surface area contributed by atoms with Crippen molar-refractivity contribution in [3.63, 3.8) is 0 Å². The summed E-state index contributed by atoms with van der Waals surface area (Å²) in [7, 11) is -2.06. The third kappa shape index (κ3) is 19.3. The van der Waals surface area contributed by atoms with Gasteiger partial charge in [-0.25, -0.2) is 0 Å². The molecule has 0 atom stereocenters. The average Bonchev–Trinajstić information content (AvgIpc) is 2.50. The fourth-order valence-corrected chi connectivity index (χ4v) is 3.29. The van der Waals surface area contributed by atoms with Crippen LogP contribution in [0.25, 0.3) is 0 Å². The summed E-state index contributed by atoms with van der Waals surface area (Å²) in [6.07, 6.45) is 13.4. The second-order valence-electron chi connectivity index (χ2n) is 6.11. The normalized spacial score (nSPS) is 11.1.